The third-order valence-corrected chi connectivity index (χ3v) is 4.45. The van der Waals surface area contributed by atoms with Gasteiger partial charge in [-0.15, -0.1) is 48.0 Å². The van der Waals surface area contributed by atoms with Gasteiger partial charge in [0, 0.05) is 58.2 Å². The van der Waals surface area contributed by atoms with Gasteiger partial charge in [0.2, 0.25) is 0 Å². The van der Waals surface area contributed by atoms with E-state index in [0.29, 0.717) is 13.1 Å². The number of nitrogens with one attached hydrogen (secondary N) is 2. The fraction of sp³-hybridized carbons (Fsp3) is 0.286. The molecule has 0 aliphatic heterocycles. The summed E-state index contributed by atoms with van der Waals surface area (Å²) in [5.74, 6) is 0. The average molecular weight is 617 g/mol. The molecular formula is C35H49N3OY-2. The number of pyridine rings is 1. The van der Waals surface area contributed by atoms with Crippen LogP contribution in [0.1, 0.15) is 72.1 Å². The molecule has 0 saturated heterocycles. The summed E-state index contributed by atoms with van der Waals surface area (Å²) >= 11 is 0. The third-order valence-electron chi connectivity index (χ3n) is 4.45. The fourth-order valence-electron chi connectivity index (χ4n) is 2.78. The van der Waals surface area contributed by atoms with E-state index in [0.717, 1.165) is 22.3 Å². The van der Waals surface area contributed by atoms with E-state index in [9.17, 15) is 4.79 Å². The van der Waals surface area contributed by atoms with Gasteiger partial charge >= 0.3 is 6.03 Å². The second kappa shape index (κ2) is 30.6. The number of carbonyl (C=O) groups excluding carboxylic acids is 1. The summed E-state index contributed by atoms with van der Waals surface area (Å²) in [7, 11) is 0. The van der Waals surface area contributed by atoms with Crippen molar-refractivity contribution in [3.8, 4) is 11.1 Å². The maximum Gasteiger partial charge on any atom is 0.315 e. The molecule has 0 unspecified atom stereocenters. The minimum atomic E-state index is -0.192. The molecule has 215 valence electrons. The van der Waals surface area contributed by atoms with Gasteiger partial charge in [-0.25, -0.2) is 4.79 Å². The predicted molar refractivity (Wildman–Crippen MR) is 170 cm³/mol. The molecule has 0 aliphatic rings. The van der Waals surface area contributed by atoms with Gasteiger partial charge in [0.05, 0.1) is 0 Å². The standard InChI is InChI=1S/C15H16N3O.C12H9.4C2H6.Y/c1-12-4-6-13(7-5-12)10-17-15(19)18-11-14-3-2-8-16-9-14;1-3-7-11(8-4-1)12-9-5-2-6-10-12;4*1-2;/h2-9H,1,10-11H2,(H2,17,18,19);1-9H;4*1-2H3;/q2*-1;;;;;. The first kappa shape index (κ1) is 41.5. The summed E-state index contributed by atoms with van der Waals surface area (Å²) in [6.07, 6.45) is 3.43. The van der Waals surface area contributed by atoms with Crippen LogP contribution in [-0.2, 0) is 45.8 Å². The Morgan fingerprint density at radius 1 is 0.700 bits per heavy atom. The Morgan fingerprint density at radius 2 is 1.25 bits per heavy atom. The maximum atomic E-state index is 11.6. The molecule has 0 bridgehead atoms. The number of hydrogen-bond donors (Lipinski definition) is 2. The molecular weight excluding hydrogens is 567 g/mol. The summed E-state index contributed by atoms with van der Waals surface area (Å²) in [4.78, 5) is 15.6. The minimum Gasteiger partial charge on any atom is -0.334 e. The molecule has 0 spiro atoms. The Bertz CT molecular complexity index is 1000. The zero-order chi connectivity index (χ0) is 29.7. The van der Waals surface area contributed by atoms with Crippen molar-refractivity contribution in [3.05, 3.63) is 133 Å². The first-order chi connectivity index (χ1) is 19.2. The third kappa shape index (κ3) is 20.0. The van der Waals surface area contributed by atoms with Crippen LogP contribution in [0, 0.1) is 13.0 Å². The van der Waals surface area contributed by atoms with Crippen LogP contribution >= 0.6 is 0 Å². The number of hydrogen-bond acceptors (Lipinski definition) is 2. The fourth-order valence-corrected chi connectivity index (χ4v) is 2.78. The number of urea groups is 1. The quantitative estimate of drug-likeness (QED) is 0.220. The van der Waals surface area contributed by atoms with Gasteiger partial charge in [0.25, 0.3) is 0 Å². The van der Waals surface area contributed by atoms with Crippen molar-refractivity contribution in [2.45, 2.75) is 68.5 Å². The van der Waals surface area contributed by atoms with E-state index >= 15 is 0 Å². The van der Waals surface area contributed by atoms with Crippen molar-refractivity contribution in [3.63, 3.8) is 0 Å². The van der Waals surface area contributed by atoms with Crippen molar-refractivity contribution >= 4 is 6.03 Å². The van der Waals surface area contributed by atoms with E-state index in [1.807, 2.05) is 128 Å². The van der Waals surface area contributed by atoms with Crippen molar-refractivity contribution in [1.82, 2.24) is 15.6 Å². The van der Waals surface area contributed by atoms with Crippen LogP contribution in [0.3, 0.4) is 0 Å². The van der Waals surface area contributed by atoms with Gasteiger partial charge in [-0.05, 0) is 11.6 Å². The molecule has 4 rings (SSSR count). The summed E-state index contributed by atoms with van der Waals surface area (Å²) in [6.45, 7) is 20.8. The average Bonchev–Trinajstić information content (AvgIpc) is 3.05. The van der Waals surface area contributed by atoms with Crippen molar-refractivity contribution in [1.29, 1.82) is 0 Å². The zero-order valence-corrected chi connectivity index (χ0v) is 28.7. The molecule has 4 nitrogen and oxygen atoms in total. The largest absolute Gasteiger partial charge is 0.334 e. The molecule has 0 aliphatic carbocycles. The van der Waals surface area contributed by atoms with E-state index in [-0.39, 0.29) is 38.7 Å². The minimum absolute atomic E-state index is 0. The topological polar surface area (TPSA) is 54.0 Å². The first-order valence-corrected chi connectivity index (χ1v) is 14.0. The zero-order valence-electron chi connectivity index (χ0n) is 25.9. The van der Waals surface area contributed by atoms with Crippen LogP contribution in [0.4, 0.5) is 4.79 Å². The molecule has 40 heavy (non-hydrogen) atoms. The molecule has 2 amide bonds. The van der Waals surface area contributed by atoms with E-state index < -0.39 is 0 Å². The Labute approximate surface area is 270 Å². The first-order valence-electron chi connectivity index (χ1n) is 14.0. The molecule has 0 saturated carbocycles. The number of nitrogens with zero attached hydrogens (tertiary/aromatic N) is 1. The Kier molecular flexibility index (Phi) is 31.8. The van der Waals surface area contributed by atoms with Gasteiger partial charge in [-0.1, -0.05) is 103 Å². The molecule has 1 radical (unpaired) electrons. The second-order valence-corrected chi connectivity index (χ2v) is 6.86. The number of amides is 2. The van der Waals surface area contributed by atoms with Crippen LogP contribution in [0.5, 0.6) is 0 Å². The van der Waals surface area contributed by atoms with E-state index in [4.69, 9.17) is 0 Å². The Morgan fingerprint density at radius 3 is 1.75 bits per heavy atom. The Hall–Kier alpha value is -2.95. The molecule has 5 heteroatoms. The van der Waals surface area contributed by atoms with Gasteiger partial charge in [0.15, 0.2) is 0 Å². The molecule has 0 fully saturated rings. The monoisotopic (exact) mass is 616 g/mol. The van der Waals surface area contributed by atoms with Crippen LogP contribution in [-0.4, -0.2) is 11.0 Å². The van der Waals surface area contributed by atoms with E-state index in [2.05, 4.69) is 46.8 Å². The van der Waals surface area contributed by atoms with E-state index in [1.165, 1.54) is 5.56 Å². The summed E-state index contributed by atoms with van der Waals surface area (Å²) in [5.41, 5.74) is 5.35. The normalized spacial score (nSPS) is 8.20. The van der Waals surface area contributed by atoms with Gasteiger partial charge in [-0.2, -0.15) is 24.6 Å². The second-order valence-electron chi connectivity index (χ2n) is 6.86. The van der Waals surface area contributed by atoms with Crippen molar-refractivity contribution in [2.24, 2.45) is 0 Å². The van der Waals surface area contributed by atoms with Gasteiger partial charge < -0.3 is 10.6 Å². The van der Waals surface area contributed by atoms with Crippen LogP contribution < -0.4 is 10.6 Å². The number of rotatable bonds is 5. The molecule has 2 N–H and O–H groups in total. The molecule has 1 aromatic heterocycles. The van der Waals surface area contributed by atoms with Crippen molar-refractivity contribution in [2.75, 3.05) is 0 Å². The Balaban J connectivity index is -0.000000563. The van der Waals surface area contributed by atoms with Crippen LogP contribution in [0.25, 0.3) is 11.1 Å². The molecule has 3 aromatic carbocycles. The maximum absolute atomic E-state index is 11.6. The van der Waals surface area contributed by atoms with Crippen molar-refractivity contribution < 1.29 is 37.5 Å². The van der Waals surface area contributed by atoms with Crippen LogP contribution in [0.15, 0.2) is 103 Å². The summed E-state index contributed by atoms with van der Waals surface area (Å²) in [5, 5.41) is 5.58. The van der Waals surface area contributed by atoms with Gasteiger partial charge in [-0.3, -0.25) is 4.98 Å². The number of carbonyl (C=O) groups is 1. The molecule has 0 atom stereocenters. The van der Waals surface area contributed by atoms with Crippen LogP contribution in [0.2, 0.25) is 0 Å². The smallest absolute Gasteiger partial charge is 0.315 e. The van der Waals surface area contributed by atoms with E-state index in [1.54, 1.807) is 12.4 Å². The number of benzene rings is 3. The molecule has 4 aromatic rings. The van der Waals surface area contributed by atoms with Gasteiger partial charge in [0.1, 0.15) is 0 Å². The number of aromatic nitrogens is 1. The SMILES string of the molecule is CC.CC.CC.CC.[CH2-]c1ccc(CNC(=O)NCc2cccnc2)cc1.[Y].[c-]1ccccc1-c1ccccc1. The predicted octanol–water partition coefficient (Wildman–Crippen LogP) is 9.52. The molecule has 1 heterocycles. The summed E-state index contributed by atoms with van der Waals surface area (Å²) < 4.78 is 0. The summed E-state index contributed by atoms with van der Waals surface area (Å²) in [6, 6.07) is 32.8.